The van der Waals surface area contributed by atoms with Crippen LogP contribution in [0.5, 0.6) is 0 Å². The van der Waals surface area contributed by atoms with Crippen LogP contribution in [-0.2, 0) is 135 Å². The van der Waals surface area contributed by atoms with Gasteiger partial charge < -0.3 is 27.8 Å². The van der Waals surface area contributed by atoms with Crippen LogP contribution in [0.3, 0.4) is 0 Å². The normalized spacial score (nSPS) is 11.8. The number of ether oxygens (including phenoxy) is 1. The number of imidazole rings is 2. The zero-order valence-corrected chi connectivity index (χ0v) is 89.4. The fraction of sp³-hybridized carbons (Fsp3) is 0.161. The zero-order chi connectivity index (χ0) is 96.9. The number of isothiocyanates is 1. The molecule has 0 amide bonds. The Morgan fingerprint density at radius 1 is 0.420 bits per heavy atom. The van der Waals surface area contributed by atoms with Crippen molar-refractivity contribution in [3.8, 4) is 108 Å². The maximum absolute atomic E-state index is 13.2. The predicted molar refractivity (Wildman–Crippen MR) is 545 cm³/mol. The molecule has 710 valence electrons. The van der Waals surface area contributed by atoms with Gasteiger partial charge in [-0.1, -0.05) is 148 Å². The van der Waals surface area contributed by atoms with Gasteiger partial charge in [-0.3, -0.25) is 39.7 Å². The number of pyridine rings is 5. The first-order valence-corrected chi connectivity index (χ1v) is 45.7. The number of benzene rings is 10. The third-order valence-corrected chi connectivity index (χ3v) is 25.3. The Balaban J connectivity index is 0.000000150. The summed E-state index contributed by atoms with van der Waals surface area (Å²) >= 11 is 4.94. The summed E-state index contributed by atoms with van der Waals surface area (Å²) in [7, 11) is 9.53. The van der Waals surface area contributed by atoms with Crippen molar-refractivity contribution in [2.75, 3.05) is 7.11 Å². The Hall–Kier alpha value is -14.5. The Bertz CT molecular complexity index is 8350. The van der Waals surface area contributed by atoms with Crippen molar-refractivity contribution < 1.29 is 103 Å². The molecule has 0 saturated heterocycles. The topological polar surface area (TPSA) is 266 Å². The van der Waals surface area contributed by atoms with E-state index in [-0.39, 0.29) is 129 Å². The number of aromatic nitrogens is 11. The van der Waals surface area contributed by atoms with E-state index in [9.17, 15) is 30.2 Å². The molecule has 10 aromatic carbocycles. The van der Waals surface area contributed by atoms with Crippen molar-refractivity contribution in [3.05, 3.63) is 394 Å². The summed E-state index contributed by atoms with van der Waals surface area (Å²) in [6.07, 6.45) is 9.71. The molecule has 0 radical (unpaired) electrons. The summed E-state index contributed by atoms with van der Waals surface area (Å²) in [4.78, 5) is 81.1. The van der Waals surface area contributed by atoms with Crippen LogP contribution < -0.4 is 0 Å². The molecule has 0 unspecified atom stereocenters. The number of methoxy groups -OCH3 is 1. The van der Waals surface area contributed by atoms with Crippen molar-refractivity contribution in [1.29, 1.82) is 15.8 Å². The number of carbonyl (C=O) groups excluding carboxylic acids is 3. The van der Waals surface area contributed by atoms with Crippen molar-refractivity contribution in [1.82, 2.24) is 53.2 Å². The molecule has 143 heavy (non-hydrogen) atoms. The Morgan fingerprint density at radius 3 is 1.43 bits per heavy atom. The molecule has 9 aromatic heterocycles. The number of carbonyl (C=O) groups is 3. The summed E-state index contributed by atoms with van der Waals surface area (Å²) in [6.45, 7) is 13.3. The molecule has 20 nitrogen and oxygen atoms in total. The van der Waals surface area contributed by atoms with Gasteiger partial charge in [-0.15, -0.1) is 117 Å². The second-order valence-electron chi connectivity index (χ2n) is 35.3. The summed E-state index contributed by atoms with van der Waals surface area (Å²) in [5.41, 5.74) is 26.9. The largest absolute Gasteiger partial charge is 2.00 e. The molecule has 0 N–H and O–H groups in total. The van der Waals surface area contributed by atoms with Crippen LogP contribution in [0.2, 0.25) is 0 Å². The van der Waals surface area contributed by atoms with Gasteiger partial charge in [-0.25, -0.2) is 20.3 Å². The molecule has 25 heteroatoms. The van der Waals surface area contributed by atoms with Gasteiger partial charge in [0.05, 0.1) is 87.8 Å². The number of esters is 1. The fourth-order valence-electron chi connectivity index (χ4n) is 17.9. The molecule has 0 spiro atoms. The molecule has 1 aliphatic carbocycles. The van der Waals surface area contributed by atoms with Crippen LogP contribution >= 0.6 is 12.2 Å². The average Bonchev–Trinajstić information content (AvgIpc) is 1.59. The number of hydrogen-bond donors (Lipinski definition) is 0. The maximum Gasteiger partial charge on any atom is 2.00 e. The maximum atomic E-state index is 13.2. The van der Waals surface area contributed by atoms with Gasteiger partial charge >= 0.3 is 90.2 Å². The van der Waals surface area contributed by atoms with Crippen molar-refractivity contribution >= 4 is 90.2 Å². The van der Waals surface area contributed by atoms with Crippen molar-refractivity contribution in [3.63, 3.8) is 0 Å². The van der Waals surface area contributed by atoms with E-state index in [1.54, 1.807) is 66.9 Å². The Labute approximate surface area is 893 Å². The number of para-hydroxylation sites is 4. The Morgan fingerprint density at radius 2 is 0.853 bits per heavy atom. The van der Waals surface area contributed by atoms with Gasteiger partial charge in [0.15, 0.2) is 0 Å². The number of fused-ring (bicyclic) bond motifs is 14. The van der Waals surface area contributed by atoms with E-state index >= 15 is 0 Å². The minimum absolute atomic E-state index is 0. The molecule has 21 rings (SSSR count). The van der Waals surface area contributed by atoms with Gasteiger partial charge in [0.2, 0.25) is 5.78 Å². The zero-order valence-electron chi connectivity index (χ0n) is 79.5. The van der Waals surface area contributed by atoms with E-state index in [0.29, 0.717) is 56.9 Å². The molecule has 1 aliphatic heterocycles. The first-order valence-electron chi connectivity index (χ1n) is 45.3. The number of aliphatic imine (C=N–C) groups is 2. The number of nitriles is 3. The van der Waals surface area contributed by atoms with Gasteiger partial charge in [-0.05, 0) is 165 Å². The molecule has 10 heterocycles. The van der Waals surface area contributed by atoms with E-state index in [0.717, 1.165) is 147 Å². The van der Waals surface area contributed by atoms with Crippen LogP contribution in [0.15, 0.2) is 271 Å². The average molecular weight is 2610 g/mol. The van der Waals surface area contributed by atoms with Crippen LogP contribution in [0, 0.1) is 96.4 Å². The van der Waals surface area contributed by atoms with E-state index < -0.39 is 17.5 Å². The molecule has 1 fully saturated rings. The van der Waals surface area contributed by atoms with E-state index in [1.807, 2.05) is 106 Å². The fourth-order valence-corrected chi connectivity index (χ4v) is 18.0. The van der Waals surface area contributed by atoms with Gasteiger partial charge in [0, 0.05) is 71.4 Å². The third kappa shape index (κ3) is 22.1. The molecule has 2 aliphatic rings. The van der Waals surface area contributed by atoms with Gasteiger partial charge in [-0.2, -0.15) is 110 Å². The van der Waals surface area contributed by atoms with Crippen molar-refractivity contribution in [2.45, 2.75) is 91.0 Å². The summed E-state index contributed by atoms with van der Waals surface area (Å²) < 4.78 is 13.5. The second kappa shape index (κ2) is 45.2. The van der Waals surface area contributed by atoms with Crippen LogP contribution in [-0.4, -0.2) is 88.7 Å². The van der Waals surface area contributed by atoms with Gasteiger partial charge in [0.1, 0.15) is 17.2 Å². The molecule has 8 bridgehead atoms. The van der Waals surface area contributed by atoms with Crippen molar-refractivity contribution in [2.24, 2.45) is 38.2 Å². The molecule has 1 saturated carbocycles. The third-order valence-electron chi connectivity index (χ3n) is 25.2. The number of nitrogens with zero attached hydrogens (tertiary/aromatic N) is 16. The van der Waals surface area contributed by atoms with Crippen LogP contribution in [0.4, 0.5) is 5.69 Å². The number of hydrogen-bond acceptors (Lipinski definition) is 17. The standard InChI is InChI=1S/C32H28N4.C31H27N5S.C28H20N4.C27H13N3O4.4Pt/c1-21-17-23(28-20-22-11-6-7-13-26(22)35(28)4)19-24(18-21)31-34-30-25(12-10-14-27(30)36(31)5)32(2,3)29-15-8-9-16-33-29;1-35-27-13-7-6-9-21(27)18-29(35)23-15-24(17-26(16-23)33-20-37)31-34-30-22(10-8-14-28(30)36(31)2)19-32-25-11-4-3-5-12-25;1-19-11-20(17-29)13-22(12-19)23-14-21(18-30)15-24(16-23)25-7-6-9-27(32-25)28(2,3)26-8-4-5-10-31-26;1-34-27(33)20-12-17-10-18(13-20)21-4-2-6-23(29-21)26(32)24-7-3-5-22(30-24)25(31)19-9-15(14-28)8-16(17)11-19;;;;/h6-18H,1-5H3;6-10,13-14,16-17H,3-5,11-12,19H2,1-2H3;4-11,13-15H,1-3H3;2-9,12-13H,1H3;;;;/q4*-2;4*+2. The SMILES string of the molecule is COC(=O)c1cc2[c-]c(c1)-c1cccc(n1)C(=O)c1cccc(n1)C(=O)c1[c-]c-2cc(C#N)c1.Cc1[c-]c(-c2[c-]c(-c3cccc(C(C)(C)c4ccccn4)n3)cc(C#N)c2)cc(C#N)c1.Cc1cc(-c2[c-]c3ccccc3n2C)[c-]c(-c2nc3c(C(C)(C)c4ccccn4)cccc3n2C)c1.Cn1c(-c2[c-]c(-c3nc4c(CN=C5CCCCC5)cccc4n3C)cc(N=C=S)c2)[c-]c2ccccc21.[Pt+2].[Pt+2].[Pt+2].[Pt+2]. The first-order chi connectivity index (χ1) is 67.3. The number of thiocarbonyl (C=S) groups is 1. The second-order valence-corrected chi connectivity index (χ2v) is 35.5. The monoisotopic (exact) mass is 2600 g/mol. The summed E-state index contributed by atoms with van der Waals surface area (Å²) in [6, 6.07) is 112. The van der Waals surface area contributed by atoms with Crippen LogP contribution in [0.1, 0.15) is 158 Å². The molecule has 19 aromatic rings. The first kappa shape index (κ1) is 104. The van der Waals surface area contributed by atoms with E-state index in [1.165, 1.54) is 61.9 Å². The number of ketones is 2. The molecular formula is C118H88N16O4Pt4S. The van der Waals surface area contributed by atoms with E-state index in [2.05, 4.69) is 249 Å². The molecule has 0 atom stereocenters. The van der Waals surface area contributed by atoms with Gasteiger partial charge in [0.25, 0.3) is 0 Å². The summed E-state index contributed by atoms with van der Waals surface area (Å²) in [5, 5.41) is 33.2. The van der Waals surface area contributed by atoms with Crippen LogP contribution in [0.25, 0.3) is 134 Å². The van der Waals surface area contributed by atoms with E-state index in [4.69, 9.17) is 36.9 Å². The smallest absolute Gasteiger partial charge is 0.466 e. The summed E-state index contributed by atoms with van der Waals surface area (Å²) in [5.74, 6) is 0.174. The number of aryl methyl sites for hydroxylation is 6. The quantitative estimate of drug-likeness (QED) is 0.0424. The minimum atomic E-state index is -0.586. The number of rotatable bonds is 14. The minimum Gasteiger partial charge on any atom is -0.466 e. The predicted octanol–water partition coefficient (Wildman–Crippen LogP) is 24.3. The Kier molecular flexibility index (Phi) is 32.9. The molecular weight excluding hydrogens is 2520 g/mol.